The van der Waals surface area contributed by atoms with E-state index < -0.39 is 0 Å². The number of allylic oxidation sites excluding steroid dienone is 4. The minimum Gasteiger partial charge on any atom is -0.144 e. The quantitative estimate of drug-likeness (QED) is 0.386. The Morgan fingerprint density at radius 3 is 2.00 bits per heavy atom. The molecule has 0 bridgehead atoms. The van der Waals surface area contributed by atoms with Gasteiger partial charge in [-0.2, -0.15) is 0 Å². The standard InChI is InChI=1S/C10H12S.C2H6/c1-5-8(2)9(3)6-7-10(4)11;1-2/h6-7,11H,1,3-4H2,2H3;1-2H3/b7-6-;. The van der Waals surface area contributed by atoms with Crippen molar-refractivity contribution in [3.63, 3.8) is 0 Å². The van der Waals surface area contributed by atoms with Gasteiger partial charge in [0.1, 0.15) is 0 Å². The molecular formula is C12H18S. The number of hydrogen-bond donors (Lipinski definition) is 1. The molecule has 0 atom stereocenters. The van der Waals surface area contributed by atoms with Crippen molar-refractivity contribution < 1.29 is 0 Å². The largest absolute Gasteiger partial charge is 0.144 e. The van der Waals surface area contributed by atoms with Crippen LogP contribution in [-0.2, 0) is 0 Å². The highest BCUT2D eigenvalue weighted by molar-refractivity contribution is 7.84. The van der Waals surface area contributed by atoms with Crippen LogP contribution in [0.5, 0.6) is 0 Å². The average Bonchev–Trinajstić information content (AvgIpc) is 2.16. The third kappa shape index (κ3) is 9.00. The molecule has 0 aliphatic heterocycles. The molecule has 0 spiro atoms. The molecule has 0 N–H and O–H groups in total. The summed E-state index contributed by atoms with van der Waals surface area (Å²) in [4.78, 5) is 0.711. The first kappa shape index (κ1) is 14.6. The topological polar surface area (TPSA) is 0 Å². The molecule has 0 heterocycles. The molecule has 1 heteroatoms. The molecule has 0 aromatic heterocycles. The molecular weight excluding hydrogens is 176 g/mol. The van der Waals surface area contributed by atoms with E-state index in [1.54, 1.807) is 6.08 Å². The maximum Gasteiger partial charge on any atom is -0.00312 e. The molecule has 0 saturated carbocycles. The van der Waals surface area contributed by atoms with E-state index in [1.807, 2.05) is 26.8 Å². The zero-order chi connectivity index (χ0) is 10.9. The monoisotopic (exact) mass is 194 g/mol. The van der Waals surface area contributed by atoms with Gasteiger partial charge in [-0.05, 0) is 29.1 Å². The lowest BCUT2D eigenvalue weighted by molar-refractivity contribution is 1.46. The fourth-order valence-electron chi connectivity index (χ4n) is 0.435. The van der Waals surface area contributed by atoms with Crippen LogP contribution in [-0.4, -0.2) is 0 Å². The second-order valence-corrected chi connectivity index (χ2v) is 2.73. The van der Waals surface area contributed by atoms with Crippen LogP contribution in [0.3, 0.4) is 0 Å². The van der Waals surface area contributed by atoms with Crippen molar-refractivity contribution in [1.82, 2.24) is 0 Å². The number of rotatable bonds is 3. The van der Waals surface area contributed by atoms with Crippen molar-refractivity contribution in [3.05, 3.63) is 53.7 Å². The van der Waals surface area contributed by atoms with Crippen molar-refractivity contribution in [1.29, 1.82) is 0 Å². The van der Waals surface area contributed by atoms with Gasteiger partial charge in [0, 0.05) is 0 Å². The molecule has 0 unspecified atom stereocenters. The van der Waals surface area contributed by atoms with Gasteiger partial charge >= 0.3 is 0 Å². The number of thiol groups is 1. The van der Waals surface area contributed by atoms with Crippen molar-refractivity contribution >= 4 is 12.6 Å². The van der Waals surface area contributed by atoms with Crippen LogP contribution in [0, 0.1) is 0 Å². The normalized spacial score (nSPS) is 8.31. The number of hydrogen-bond acceptors (Lipinski definition) is 1. The van der Waals surface area contributed by atoms with Gasteiger partial charge in [-0.25, -0.2) is 0 Å². The van der Waals surface area contributed by atoms with E-state index in [0.717, 1.165) is 11.1 Å². The zero-order valence-corrected chi connectivity index (χ0v) is 9.62. The summed E-state index contributed by atoms with van der Waals surface area (Å²) >= 11 is 4.00. The van der Waals surface area contributed by atoms with E-state index in [2.05, 4.69) is 38.1 Å². The van der Waals surface area contributed by atoms with Gasteiger partial charge in [-0.15, -0.1) is 18.4 Å². The first-order valence-electron chi connectivity index (χ1n) is 4.19. The molecule has 13 heavy (non-hydrogen) atoms. The summed E-state index contributed by atoms with van der Waals surface area (Å²) in [6.45, 7) is 16.8. The third-order valence-electron chi connectivity index (χ3n) is 1.22. The Labute approximate surface area is 87.5 Å². The summed E-state index contributed by atoms with van der Waals surface area (Å²) in [6, 6.07) is 0. The molecule has 0 aliphatic carbocycles. The summed E-state index contributed by atoms with van der Waals surface area (Å²) in [7, 11) is 0. The van der Waals surface area contributed by atoms with E-state index in [9.17, 15) is 0 Å². The molecule has 0 nitrogen and oxygen atoms in total. The lowest BCUT2D eigenvalue weighted by atomic mass is 10.1. The van der Waals surface area contributed by atoms with Crippen LogP contribution < -0.4 is 0 Å². The second kappa shape index (κ2) is 9.18. The Morgan fingerprint density at radius 2 is 1.69 bits per heavy atom. The smallest absolute Gasteiger partial charge is 0.00312 e. The fourth-order valence-corrected chi connectivity index (χ4v) is 0.510. The predicted octanol–water partition coefficient (Wildman–Crippen LogP) is 4.30. The molecule has 0 radical (unpaired) electrons. The van der Waals surface area contributed by atoms with Gasteiger partial charge in [-0.1, -0.05) is 39.7 Å². The Bertz CT molecular complexity index is 250. The molecule has 0 amide bonds. The first-order chi connectivity index (χ1) is 6.07. The van der Waals surface area contributed by atoms with Gasteiger partial charge in [0.25, 0.3) is 0 Å². The lowest BCUT2D eigenvalue weighted by Crippen LogP contribution is -1.74. The molecule has 72 valence electrons. The summed E-state index contributed by atoms with van der Waals surface area (Å²) < 4.78 is 0. The molecule has 0 aliphatic rings. The molecule has 0 saturated heterocycles. The molecule has 0 aromatic rings. The molecule has 0 aromatic carbocycles. The summed E-state index contributed by atoms with van der Waals surface area (Å²) in [5, 5.41) is 0. The zero-order valence-electron chi connectivity index (χ0n) is 8.72. The summed E-state index contributed by atoms with van der Waals surface area (Å²) in [5.41, 5.74) is 4.57. The highest BCUT2D eigenvalue weighted by atomic mass is 32.1. The van der Waals surface area contributed by atoms with Crippen LogP contribution in [0.4, 0.5) is 0 Å². The Balaban J connectivity index is 0. The highest BCUT2D eigenvalue weighted by Crippen LogP contribution is 2.08. The SMILES string of the molecule is C=C=C(C)C(=C)/C=C\C(=C)S.CC. The maximum atomic E-state index is 4.00. The van der Waals surface area contributed by atoms with E-state index >= 15 is 0 Å². The van der Waals surface area contributed by atoms with Crippen molar-refractivity contribution in [2.75, 3.05) is 0 Å². The first-order valence-corrected chi connectivity index (χ1v) is 4.64. The lowest BCUT2D eigenvalue weighted by Gasteiger charge is -1.94. The van der Waals surface area contributed by atoms with E-state index in [0.29, 0.717) is 4.91 Å². The van der Waals surface area contributed by atoms with Crippen LogP contribution in [0.15, 0.2) is 53.7 Å². The van der Waals surface area contributed by atoms with E-state index in [4.69, 9.17) is 0 Å². The third-order valence-corrected chi connectivity index (χ3v) is 1.37. The summed E-state index contributed by atoms with van der Waals surface area (Å²) in [5.74, 6) is 0. The van der Waals surface area contributed by atoms with Gasteiger partial charge in [0.05, 0.1) is 0 Å². The Hall–Kier alpha value is -0.910. The maximum absolute atomic E-state index is 4.00. The predicted molar refractivity (Wildman–Crippen MR) is 66.1 cm³/mol. The minimum atomic E-state index is 0.711. The van der Waals surface area contributed by atoms with Gasteiger partial charge in [-0.3, -0.25) is 0 Å². The van der Waals surface area contributed by atoms with Gasteiger partial charge < -0.3 is 0 Å². The van der Waals surface area contributed by atoms with Crippen LogP contribution >= 0.6 is 12.6 Å². The van der Waals surface area contributed by atoms with Crippen molar-refractivity contribution in [2.45, 2.75) is 20.8 Å². The van der Waals surface area contributed by atoms with E-state index in [-0.39, 0.29) is 0 Å². The van der Waals surface area contributed by atoms with E-state index in [1.165, 1.54) is 0 Å². The van der Waals surface area contributed by atoms with Crippen molar-refractivity contribution in [2.24, 2.45) is 0 Å². The summed E-state index contributed by atoms with van der Waals surface area (Å²) in [6.07, 6.45) is 3.62. The fraction of sp³-hybridized carbons (Fsp3) is 0.250. The Morgan fingerprint density at radius 1 is 1.23 bits per heavy atom. The van der Waals surface area contributed by atoms with Gasteiger partial charge in [0.2, 0.25) is 0 Å². The average molecular weight is 194 g/mol. The second-order valence-electron chi connectivity index (χ2n) is 2.15. The van der Waals surface area contributed by atoms with Crippen LogP contribution in [0.2, 0.25) is 0 Å². The molecule has 0 fully saturated rings. The molecule has 0 rings (SSSR count). The van der Waals surface area contributed by atoms with Crippen molar-refractivity contribution in [3.8, 4) is 0 Å². The van der Waals surface area contributed by atoms with Gasteiger partial charge in [0.15, 0.2) is 0 Å². The minimum absolute atomic E-state index is 0.711. The van der Waals surface area contributed by atoms with Crippen LogP contribution in [0.1, 0.15) is 20.8 Å². The Kier molecular flexibility index (Phi) is 10.3. The van der Waals surface area contributed by atoms with Crippen LogP contribution in [0.25, 0.3) is 0 Å². The highest BCUT2D eigenvalue weighted by Gasteiger charge is 1.88.